The van der Waals surface area contributed by atoms with Gasteiger partial charge in [0.05, 0.1) is 16.8 Å². The topological polar surface area (TPSA) is 97.6 Å². The summed E-state index contributed by atoms with van der Waals surface area (Å²) in [4.78, 5) is 25.9. The Labute approximate surface area is 180 Å². The van der Waals surface area contributed by atoms with E-state index in [-0.39, 0.29) is 35.4 Å². The predicted molar refractivity (Wildman–Crippen MR) is 106 cm³/mol. The summed E-state index contributed by atoms with van der Waals surface area (Å²) >= 11 is 0. The van der Waals surface area contributed by atoms with Crippen LogP contribution in [0.25, 0.3) is 11.5 Å². The number of benzene rings is 2. The molecule has 2 amide bonds. The van der Waals surface area contributed by atoms with E-state index in [1.165, 1.54) is 23.1 Å². The predicted octanol–water partition coefficient (Wildman–Crippen LogP) is 4.11. The minimum absolute atomic E-state index is 0.123. The van der Waals surface area contributed by atoms with Crippen molar-refractivity contribution in [2.45, 2.75) is 25.1 Å². The molecular weight excluding hydrogens is 429 g/mol. The molecule has 1 atom stereocenters. The number of halogens is 3. The number of amides is 2. The quantitative estimate of drug-likeness (QED) is 0.634. The molecule has 32 heavy (non-hydrogen) atoms. The van der Waals surface area contributed by atoms with Gasteiger partial charge in [-0.15, -0.1) is 10.2 Å². The van der Waals surface area contributed by atoms with Crippen molar-refractivity contribution in [1.29, 1.82) is 0 Å². The van der Waals surface area contributed by atoms with Crippen molar-refractivity contribution in [2.75, 3.05) is 12.4 Å². The molecule has 3 aromatic rings. The molecule has 1 aliphatic heterocycles. The summed E-state index contributed by atoms with van der Waals surface area (Å²) in [7, 11) is 1.56. The van der Waals surface area contributed by atoms with Gasteiger partial charge in [0.15, 0.2) is 0 Å². The number of hydrogen-bond donors (Lipinski definition) is 1. The molecule has 0 bridgehead atoms. The zero-order valence-electron chi connectivity index (χ0n) is 16.7. The van der Waals surface area contributed by atoms with Gasteiger partial charge in [-0.3, -0.25) is 9.59 Å². The summed E-state index contributed by atoms with van der Waals surface area (Å²) in [6, 6.07) is 8.22. The lowest BCUT2D eigenvalue weighted by molar-refractivity contribution is -0.137. The second kappa shape index (κ2) is 8.33. The second-order valence-corrected chi connectivity index (χ2v) is 7.12. The van der Waals surface area contributed by atoms with Gasteiger partial charge in [0.1, 0.15) is 17.5 Å². The highest BCUT2D eigenvalue weighted by Gasteiger charge is 2.34. The second-order valence-electron chi connectivity index (χ2n) is 7.12. The molecule has 4 rings (SSSR count). The normalized spacial score (nSPS) is 16.3. The summed E-state index contributed by atoms with van der Waals surface area (Å²) in [5.74, 6) is 0.0748. The molecule has 0 spiro atoms. The number of alkyl halides is 3. The lowest BCUT2D eigenvalue weighted by atomic mass is 10.1. The Morgan fingerprint density at radius 3 is 2.50 bits per heavy atom. The van der Waals surface area contributed by atoms with Gasteiger partial charge >= 0.3 is 6.18 Å². The number of ether oxygens (including phenoxy) is 1. The third-order valence-electron chi connectivity index (χ3n) is 5.05. The molecule has 166 valence electrons. The van der Waals surface area contributed by atoms with Crippen molar-refractivity contribution in [1.82, 2.24) is 15.1 Å². The fourth-order valence-corrected chi connectivity index (χ4v) is 3.34. The molecule has 11 heteroatoms. The maximum atomic E-state index is 12.8. The van der Waals surface area contributed by atoms with Crippen molar-refractivity contribution >= 4 is 17.5 Å². The van der Waals surface area contributed by atoms with E-state index in [9.17, 15) is 22.8 Å². The molecule has 8 nitrogen and oxygen atoms in total. The molecule has 1 aromatic heterocycles. The lowest BCUT2D eigenvalue weighted by Crippen LogP contribution is -2.39. The molecule has 0 saturated carbocycles. The first-order valence-electron chi connectivity index (χ1n) is 9.54. The molecule has 1 N–H and O–H groups in total. The van der Waals surface area contributed by atoms with E-state index in [0.717, 1.165) is 18.5 Å². The monoisotopic (exact) mass is 446 g/mol. The highest BCUT2D eigenvalue weighted by atomic mass is 19.4. The van der Waals surface area contributed by atoms with Crippen LogP contribution in [0, 0.1) is 0 Å². The van der Waals surface area contributed by atoms with E-state index < -0.39 is 23.7 Å². The number of hydrogen-bond acceptors (Lipinski definition) is 6. The number of carbonyl (C=O) groups excluding carboxylic acids is 2. The van der Waals surface area contributed by atoms with Crippen molar-refractivity contribution in [2.24, 2.45) is 0 Å². The summed E-state index contributed by atoms with van der Waals surface area (Å²) in [5.41, 5.74) is -0.0845. The van der Waals surface area contributed by atoms with Gasteiger partial charge in [0.2, 0.25) is 24.1 Å². The average molecular weight is 446 g/mol. The van der Waals surface area contributed by atoms with Crippen molar-refractivity contribution in [3.63, 3.8) is 0 Å². The van der Waals surface area contributed by atoms with E-state index in [0.29, 0.717) is 12.0 Å². The molecule has 2 aromatic carbocycles. The van der Waals surface area contributed by atoms with Crippen LogP contribution in [0.5, 0.6) is 11.5 Å². The molecule has 1 unspecified atom stereocenters. The highest BCUT2D eigenvalue weighted by molar-refractivity contribution is 6.01. The minimum atomic E-state index is -4.45. The Kier molecular flexibility index (Phi) is 5.56. The maximum Gasteiger partial charge on any atom is 0.416 e. The molecule has 2 heterocycles. The third-order valence-corrected chi connectivity index (χ3v) is 5.05. The zero-order valence-corrected chi connectivity index (χ0v) is 16.7. The maximum absolute atomic E-state index is 12.8. The molecule has 1 fully saturated rings. The van der Waals surface area contributed by atoms with Gasteiger partial charge in [-0.2, -0.15) is 13.2 Å². The largest absolute Gasteiger partial charge is 0.457 e. The third kappa shape index (κ3) is 4.41. The van der Waals surface area contributed by atoms with E-state index in [1.807, 2.05) is 0 Å². The van der Waals surface area contributed by atoms with Gasteiger partial charge in [0, 0.05) is 19.5 Å². The van der Waals surface area contributed by atoms with E-state index in [1.54, 1.807) is 19.2 Å². The smallest absolute Gasteiger partial charge is 0.416 e. The summed E-state index contributed by atoms with van der Waals surface area (Å²) in [5, 5.41) is 10.2. The van der Waals surface area contributed by atoms with E-state index in [4.69, 9.17) is 9.15 Å². The first-order valence-corrected chi connectivity index (χ1v) is 9.54. The fraction of sp³-hybridized carbons (Fsp3) is 0.238. The van der Waals surface area contributed by atoms with Crippen LogP contribution in [-0.2, 0) is 15.8 Å². The van der Waals surface area contributed by atoms with Crippen LogP contribution in [-0.4, -0.2) is 40.0 Å². The first kappa shape index (κ1) is 21.3. The zero-order chi connectivity index (χ0) is 22.9. The Morgan fingerprint density at radius 2 is 1.91 bits per heavy atom. The number of nitrogens with one attached hydrogen (secondary N) is 1. The molecule has 0 radical (unpaired) electrons. The van der Waals surface area contributed by atoms with Gasteiger partial charge < -0.3 is 19.4 Å². The van der Waals surface area contributed by atoms with Crippen molar-refractivity contribution in [3.8, 4) is 23.0 Å². The first-order chi connectivity index (χ1) is 15.2. The van der Waals surface area contributed by atoms with Crippen molar-refractivity contribution in [3.05, 3.63) is 54.4 Å². The average Bonchev–Trinajstić information content (AvgIpc) is 3.39. The van der Waals surface area contributed by atoms with Crippen LogP contribution in [0.3, 0.4) is 0 Å². The van der Waals surface area contributed by atoms with Crippen LogP contribution in [0.4, 0.5) is 18.9 Å². The standard InChI is InChI=1S/C21H17F3N4O4/c1-28-17(8-9-18(28)29)19(30)26-16-10-14(6-7-15(16)20-27-25-11-31-20)32-13-4-2-12(3-5-13)21(22,23)24/h2-7,10-11,17H,8-9H2,1H3,(H,26,30). The minimum Gasteiger partial charge on any atom is -0.457 e. The molecule has 0 aliphatic carbocycles. The van der Waals surface area contributed by atoms with Crippen LogP contribution >= 0.6 is 0 Å². The van der Waals surface area contributed by atoms with Gasteiger partial charge in [-0.25, -0.2) is 0 Å². The van der Waals surface area contributed by atoms with E-state index in [2.05, 4.69) is 15.5 Å². The number of anilines is 1. The number of carbonyl (C=O) groups is 2. The number of aromatic nitrogens is 2. The fourth-order valence-electron chi connectivity index (χ4n) is 3.34. The van der Waals surface area contributed by atoms with Crippen LogP contribution in [0.2, 0.25) is 0 Å². The highest BCUT2D eigenvalue weighted by Crippen LogP contribution is 2.35. The van der Waals surface area contributed by atoms with Crippen LogP contribution in [0.15, 0.2) is 53.3 Å². The molecule has 1 saturated heterocycles. The summed E-state index contributed by atoms with van der Waals surface area (Å²) < 4.78 is 49.1. The lowest BCUT2D eigenvalue weighted by Gasteiger charge is -2.20. The summed E-state index contributed by atoms with van der Waals surface area (Å²) in [6.07, 6.45) is -2.64. The SMILES string of the molecule is CN1C(=O)CCC1C(=O)Nc1cc(Oc2ccc(C(F)(F)F)cc2)ccc1-c1nnco1. The Bertz CT molecular complexity index is 1130. The Morgan fingerprint density at radius 1 is 1.19 bits per heavy atom. The molecule has 1 aliphatic rings. The van der Waals surface area contributed by atoms with Gasteiger partial charge in [-0.05, 0) is 42.8 Å². The molecular formula is C21H17F3N4O4. The van der Waals surface area contributed by atoms with Gasteiger partial charge in [-0.1, -0.05) is 0 Å². The Balaban J connectivity index is 1.60. The number of likely N-dealkylation sites (N-methyl/N-ethyl adjacent to an activating group) is 1. The number of likely N-dealkylation sites (tertiary alicyclic amines) is 1. The number of nitrogens with zero attached hydrogens (tertiary/aromatic N) is 3. The van der Waals surface area contributed by atoms with Crippen LogP contribution in [0.1, 0.15) is 18.4 Å². The number of rotatable bonds is 5. The van der Waals surface area contributed by atoms with Crippen LogP contribution < -0.4 is 10.1 Å². The Hall–Kier alpha value is -3.89. The van der Waals surface area contributed by atoms with E-state index >= 15 is 0 Å². The van der Waals surface area contributed by atoms with Crippen molar-refractivity contribution < 1.29 is 31.9 Å². The summed E-state index contributed by atoms with van der Waals surface area (Å²) in [6.45, 7) is 0. The van der Waals surface area contributed by atoms with Gasteiger partial charge in [0.25, 0.3) is 0 Å².